The molecular weight excluding hydrogens is 396 g/mol. The number of nitrogens with one attached hydrogen (secondary N) is 2. The maximum Gasteiger partial charge on any atom is 0.283 e. The summed E-state index contributed by atoms with van der Waals surface area (Å²) >= 11 is 7.60. The number of carbonyl (C=O) groups is 1. The Kier molecular flexibility index (Phi) is 4.85. The molecule has 0 unspecified atom stereocenters. The Morgan fingerprint density at radius 1 is 1.18 bits per heavy atom. The number of para-hydroxylation sites is 1. The van der Waals surface area contributed by atoms with Crippen LogP contribution in [0.25, 0.3) is 15.8 Å². The summed E-state index contributed by atoms with van der Waals surface area (Å²) in [7, 11) is 0. The fourth-order valence-corrected chi connectivity index (χ4v) is 4.24. The second-order valence-corrected chi connectivity index (χ2v) is 7.50. The van der Waals surface area contributed by atoms with Crippen molar-refractivity contribution in [3.8, 4) is 5.69 Å². The molecule has 0 atom stereocenters. The van der Waals surface area contributed by atoms with Crippen molar-refractivity contribution in [3.05, 3.63) is 86.1 Å². The Morgan fingerprint density at radius 3 is 2.64 bits per heavy atom. The van der Waals surface area contributed by atoms with E-state index in [0.29, 0.717) is 21.2 Å². The van der Waals surface area contributed by atoms with E-state index in [2.05, 4.69) is 15.6 Å². The molecule has 4 aromatic rings. The van der Waals surface area contributed by atoms with E-state index in [1.54, 1.807) is 6.92 Å². The lowest BCUT2D eigenvalue weighted by atomic mass is 10.2. The molecule has 140 valence electrons. The molecule has 2 heterocycles. The lowest BCUT2D eigenvalue weighted by Gasteiger charge is -1.99. The number of aromatic nitrogens is 2. The largest absolute Gasteiger partial charge is 0.295 e. The number of hydrogen-bond donors (Lipinski definition) is 2. The Morgan fingerprint density at radius 2 is 1.89 bits per heavy atom. The van der Waals surface area contributed by atoms with Crippen molar-refractivity contribution < 1.29 is 4.79 Å². The number of H-pyrrole nitrogens is 1. The van der Waals surface area contributed by atoms with Crippen LogP contribution >= 0.6 is 22.9 Å². The third kappa shape index (κ3) is 3.26. The van der Waals surface area contributed by atoms with Gasteiger partial charge in [-0.3, -0.25) is 14.7 Å². The van der Waals surface area contributed by atoms with Gasteiger partial charge < -0.3 is 0 Å². The number of nitrogens with zero attached hydrogens (tertiary/aromatic N) is 2. The summed E-state index contributed by atoms with van der Waals surface area (Å²) in [6, 6.07) is 16.7. The summed E-state index contributed by atoms with van der Waals surface area (Å²) in [5, 5.41) is 8.18. The van der Waals surface area contributed by atoms with Gasteiger partial charge in [-0.2, -0.15) is 5.10 Å². The molecule has 28 heavy (non-hydrogen) atoms. The molecule has 0 aliphatic carbocycles. The number of fused-ring (bicyclic) bond motifs is 1. The second-order valence-electron chi connectivity index (χ2n) is 6.07. The van der Waals surface area contributed by atoms with Gasteiger partial charge in [0.15, 0.2) is 0 Å². The summed E-state index contributed by atoms with van der Waals surface area (Å²) in [4.78, 5) is 25.4. The van der Waals surface area contributed by atoms with Crippen molar-refractivity contribution in [1.82, 2.24) is 15.2 Å². The van der Waals surface area contributed by atoms with Gasteiger partial charge in [-0.05, 0) is 25.1 Å². The molecule has 4 rings (SSSR count). The molecule has 0 spiro atoms. The Labute approximate surface area is 169 Å². The smallest absolute Gasteiger partial charge is 0.283 e. The molecule has 6 nitrogen and oxygen atoms in total. The van der Waals surface area contributed by atoms with Crippen molar-refractivity contribution in [1.29, 1.82) is 0 Å². The van der Waals surface area contributed by atoms with Crippen molar-refractivity contribution in [3.63, 3.8) is 0 Å². The van der Waals surface area contributed by atoms with E-state index in [4.69, 9.17) is 11.6 Å². The number of rotatable bonds is 4. The lowest BCUT2D eigenvalue weighted by Crippen LogP contribution is -2.19. The third-order valence-electron chi connectivity index (χ3n) is 4.23. The summed E-state index contributed by atoms with van der Waals surface area (Å²) in [6.07, 6.45) is 1.34. The van der Waals surface area contributed by atoms with E-state index in [0.717, 1.165) is 15.8 Å². The van der Waals surface area contributed by atoms with Crippen LogP contribution in [0.3, 0.4) is 0 Å². The van der Waals surface area contributed by atoms with Crippen LogP contribution in [-0.2, 0) is 0 Å². The number of aromatic amines is 1. The molecule has 0 saturated carbocycles. The van der Waals surface area contributed by atoms with Gasteiger partial charge in [0, 0.05) is 15.8 Å². The number of benzene rings is 2. The van der Waals surface area contributed by atoms with Crippen LogP contribution in [0.2, 0.25) is 5.02 Å². The van der Waals surface area contributed by atoms with E-state index in [9.17, 15) is 9.59 Å². The van der Waals surface area contributed by atoms with Gasteiger partial charge >= 0.3 is 0 Å². The minimum absolute atomic E-state index is 0.249. The monoisotopic (exact) mass is 410 g/mol. The van der Waals surface area contributed by atoms with Crippen LogP contribution in [-0.4, -0.2) is 21.9 Å². The Bertz CT molecular complexity index is 1250. The number of aryl methyl sites for hydroxylation is 1. The Hall–Kier alpha value is -3.16. The van der Waals surface area contributed by atoms with Crippen molar-refractivity contribution in [2.45, 2.75) is 6.92 Å². The summed E-state index contributed by atoms with van der Waals surface area (Å²) in [6.45, 7) is 1.77. The minimum Gasteiger partial charge on any atom is -0.295 e. The van der Waals surface area contributed by atoms with Gasteiger partial charge in [-0.25, -0.2) is 10.1 Å². The predicted octanol–water partition coefficient (Wildman–Crippen LogP) is 4.11. The molecule has 0 aliphatic rings. The van der Waals surface area contributed by atoms with Crippen molar-refractivity contribution in [2.75, 3.05) is 0 Å². The highest BCUT2D eigenvalue weighted by Crippen LogP contribution is 2.34. The van der Waals surface area contributed by atoms with Crippen LogP contribution in [0.1, 0.15) is 20.9 Å². The van der Waals surface area contributed by atoms with Gasteiger partial charge in [-0.1, -0.05) is 48.0 Å². The van der Waals surface area contributed by atoms with E-state index < -0.39 is 5.91 Å². The zero-order chi connectivity index (χ0) is 19.7. The minimum atomic E-state index is -0.418. The second kappa shape index (κ2) is 7.46. The first-order valence-electron chi connectivity index (χ1n) is 8.43. The van der Waals surface area contributed by atoms with E-state index in [1.807, 2.05) is 54.6 Å². The number of carbonyl (C=O) groups excluding carboxylic acids is 1. The highest BCUT2D eigenvalue weighted by molar-refractivity contribution is 7.21. The highest BCUT2D eigenvalue weighted by atomic mass is 35.5. The van der Waals surface area contributed by atoms with Gasteiger partial charge in [0.25, 0.3) is 11.5 Å². The number of hydrogen-bond acceptors (Lipinski definition) is 4. The molecule has 2 N–H and O–H groups in total. The topological polar surface area (TPSA) is 79.2 Å². The average Bonchev–Trinajstić information content (AvgIpc) is 3.20. The first-order chi connectivity index (χ1) is 13.6. The molecule has 2 aromatic heterocycles. The highest BCUT2D eigenvalue weighted by Gasteiger charge is 2.16. The van der Waals surface area contributed by atoms with Crippen LogP contribution < -0.4 is 11.0 Å². The SMILES string of the molecule is Cc1[nH]n(-c2ccccc2)c(=O)c1/C=N/NC(=O)c1sc2ccccc2c1Cl. The molecule has 1 amide bonds. The fraction of sp³-hybridized carbons (Fsp3) is 0.0500. The van der Waals surface area contributed by atoms with Crippen LogP contribution in [0, 0.1) is 6.92 Å². The van der Waals surface area contributed by atoms with Gasteiger partial charge in [0.2, 0.25) is 0 Å². The fourth-order valence-electron chi connectivity index (χ4n) is 2.84. The first kappa shape index (κ1) is 18.2. The van der Waals surface area contributed by atoms with Crippen molar-refractivity contribution in [2.24, 2.45) is 5.10 Å². The van der Waals surface area contributed by atoms with E-state index >= 15 is 0 Å². The average molecular weight is 411 g/mol. The lowest BCUT2D eigenvalue weighted by molar-refractivity contribution is 0.0959. The third-order valence-corrected chi connectivity index (χ3v) is 5.91. The molecule has 2 aromatic carbocycles. The zero-order valence-corrected chi connectivity index (χ0v) is 16.3. The summed E-state index contributed by atoms with van der Waals surface area (Å²) < 4.78 is 2.36. The molecule has 8 heteroatoms. The van der Waals surface area contributed by atoms with E-state index in [-0.39, 0.29) is 5.56 Å². The van der Waals surface area contributed by atoms with Crippen LogP contribution in [0.15, 0.2) is 64.5 Å². The molecule has 0 radical (unpaired) electrons. The van der Waals surface area contributed by atoms with Gasteiger partial charge in [0.05, 0.1) is 22.5 Å². The van der Waals surface area contributed by atoms with Gasteiger partial charge in [0.1, 0.15) is 4.88 Å². The number of halogens is 1. The standard InChI is InChI=1S/C20H15ClN4O2S/c1-12-15(20(27)25(24-12)13-7-3-2-4-8-13)11-22-23-19(26)18-17(21)14-9-5-6-10-16(14)28-18/h2-11,24H,1H3,(H,23,26)/b22-11+. The maximum atomic E-state index is 12.6. The normalized spacial score (nSPS) is 11.4. The van der Waals surface area contributed by atoms with Gasteiger partial charge in [-0.15, -0.1) is 11.3 Å². The number of hydrazone groups is 1. The number of amides is 1. The van der Waals surface area contributed by atoms with E-state index in [1.165, 1.54) is 22.2 Å². The zero-order valence-electron chi connectivity index (χ0n) is 14.8. The quantitative estimate of drug-likeness (QED) is 0.392. The van der Waals surface area contributed by atoms with Crippen LogP contribution in [0.5, 0.6) is 0 Å². The molecule has 0 fully saturated rings. The van der Waals surface area contributed by atoms with Crippen LogP contribution in [0.4, 0.5) is 0 Å². The molecule has 0 saturated heterocycles. The molecule has 0 aliphatic heterocycles. The number of thiophene rings is 1. The summed E-state index contributed by atoms with van der Waals surface area (Å²) in [5.74, 6) is -0.418. The Balaban J connectivity index is 1.57. The maximum absolute atomic E-state index is 12.6. The molecule has 0 bridgehead atoms. The first-order valence-corrected chi connectivity index (χ1v) is 9.63. The summed E-state index contributed by atoms with van der Waals surface area (Å²) in [5.41, 5.74) is 3.93. The van der Waals surface area contributed by atoms with Crippen molar-refractivity contribution >= 4 is 45.1 Å². The predicted molar refractivity (Wildman–Crippen MR) is 113 cm³/mol. The molecular formula is C20H15ClN4O2S.